The Morgan fingerprint density at radius 1 is 1.30 bits per heavy atom. The van der Waals surface area contributed by atoms with Gasteiger partial charge >= 0.3 is 0 Å². The molecule has 0 spiro atoms. The molecule has 0 aliphatic carbocycles. The van der Waals surface area contributed by atoms with Crippen LogP contribution in [0.1, 0.15) is 17.0 Å². The number of aryl methyl sites for hydroxylation is 1. The van der Waals surface area contributed by atoms with Crippen molar-refractivity contribution in [3.05, 3.63) is 59.2 Å². The fourth-order valence-electron chi connectivity index (χ4n) is 1.71. The SMILES string of the molecule is Cc1cccc(COc2cc(F)cc(C#CCN)c2)n1. The molecule has 0 radical (unpaired) electrons. The van der Waals surface area contributed by atoms with Gasteiger partial charge in [0.15, 0.2) is 0 Å². The first-order valence-corrected chi connectivity index (χ1v) is 6.22. The van der Waals surface area contributed by atoms with E-state index >= 15 is 0 Å². The minimum atomic E-state index is -0.388. The van der Waals surface area contributed by atoms with Crippen LogP contribution in [0.15, 0.2) is 36.4 Å². The van der Waals surface area contributed by atoms with Gasteiger partial charge in [-0.15, -0.1) is 0 Å². The summed E-state index contributed by atoms with van der Waals surface area (Å²) in [6, 6.07) is 10.0. The number of hydrogen-bond acceptors (Lipinski definition) is 3. The molecule has 4 heteroatoms. The van der Waals surface area contributed by atoms with E-state index in [2.05, 4.69) is 16.8 Å². The summed E-state index contributed by atoms with van der Waals surface area (Å²) < 4.78 is 19.0. The van der Waals surface area contributed by atoms with Crippen molar-refractivity contribution in [2.24, 2.45) is 5.73 Å². The Kier molecular flexibility index (Phi) is 4.70. The van der Waals surface area contributed by atoms with Gasteiger partial charge in [-0.25, -0.2) is 4.39 Å². The molecule has 20 heavy (non-hydrogen) atoms. The van der Waals surface area contributed by atoms with Gasteiger partial charge in [0.25, 0.3) is 0 Å². The second-order valence-corrected chi connectivity index (χ2v) is 4.24. The minimum Gasteiger partial charge on any atom is -0.487 e. The van der Waals surface area contributed by atoms with Gasteiger partial charge in [0.05, 0.1) is 12.2 Å². The summed E-state index contributed by atoms with van der Waals surface area (Å²) in [4.78, 5) is 4.32. The van der Waals surface area contributed by atoms with Crippen LogP contribution in [0.3, 0.4) is 0 Å². The number of nitrogens with two attached hydrogens (primary N) is 1. The van der Waals surface area contributed by atoms with Crippen molar-refractivity contribution in [2.75, 3.05) is 6.54 Å². The van der Waals surface area contributed by atoms with Gasteiger partial charge in [0.2, 0.25) is 0 Å². The maximum absolute atomic E-state index is 13.5. The van der Waals surface area contributed by atoms with Crippen LogP contribution in [0.2, 0.25) is 0 Å². The zero-order valence-electron chi connectivity index (χ0n) is 11.2. The van der Waals surface area contributed by atoms with E-state index in [9.17, 15) is 4.39 Å². The maximum atomic E-state index is 13.5. The summed E-state index contributed by atoms with van der Waals surface area (Å²) in [5.41, 5.74) is 7.55. The first-order chi connectivity index (χ1) is 9.67. The molecule has 102 valence electrons. The van der Waals surface area contributed by atoms with Crippen LogP contribution in [-0.4, -0.2) is 11.5 Å². The van der Waals surface area contributed by atoms with E-state index < -0.39 is 0 Å². The quantitative estimate of drug-likeness (QED) is 0.871. The lowest BCUT2D eigenvalue weighted by atomic mass is 10.2. The van der Waals surface area contributed by atoms with Crippen LogP contribution in [0.5, 0.6) is 5.75 Å². The van der Waals surface area contributed by atoms with E-state index in [0.717, 1.165) is 11.4 Å². The summed E-state index contributed by atoms with van der Waals surface area (Å²) in [5.74, 6) is 5.50. The first-order valence-electron chi connectivity index (χ1n) is 6.22. The summed E-state index contributed by atoms with van der Waals surface area (Å²) in [7, 11) is 0. The van der Waals surface area contributed by atoms with Crippen LogP contribution >= 0.6 is 0 Å². The molecule has 1 aromatic heterocycles. The highest BCUT2D eigenvalue weighted by atomic mass is 19.1. The van der Waals surface area contributed by atoms with Crippen LogP contribution in [-0.2, 0) is 6.61 Å². The molecule has 0 aliphatic heterocycles. The number of benzene rings is 1. The maximum Gasteiger partial charge on any atom is 0.130 e. The molecule has 0 fully saturated rings. The van der Waals surface area contributed by atoms with Gasteiger partial charge in [-0.3, -0.25) is 4.98 Å². The van der Waals surface area contributed by atoms with Crippen molar-refractivity contribution in [3.8, 4) is 17.6 Å². The number of rotatable bonds is 3. The van der Waals surface area contributed by atoms with E-state index in [1.807, 2.05) is 25.1 Å². The van der Waals surface area contributed by atoms with E-state index in [-0.39, 0.29) is 19.0 Å². The number of nitrogens with zero attached hydrogens (tertiary/aromatic N) is 1. The van der Waals surface area contributed by atoms with Gasteiger partial charge in [0.1, 0.15) is 18.2 Å². The molecule has 0 saturated heterocycles. The summed E-state index contributed by atoms with van der Waals surface area (Å²) in [6.45, 7) is 2.43. The number of pyridine rings is 1. The highest BCUT2D eigenvalue weighted by Gasteiger charge is 2.02. The van der Waals surface area contributed by atoms with Gasteiger partial charge in [-0.1, -0.05) is 17.9 Å². The van der Waals surface area contributed by atoms with Gasteiger partial charge in [-0.2, -0.15) is 0 Å². The Morgan fingerprint density at radius 2 is 2.15 bits per heavy atom. The normalized spacial score (nSPS) is 9.75. The Balaban J connectivity index is 2.11. The van der Waals surface area contributed by atoms with Crippen LogP contribution in [0.4, 0.5) is 4.39 Å². The van der Waals surface area contributed by atoms with Crippen molar-refractivity contribution >= 4 is 0 Å². The molecule has 0 bridgehead atoms. The lowest BCUT2D eigenvalue weighted by Gasteiger charge is -2.07. The van der Waals surface area contributed by atoms with Crippen molar-refractivity contribution in [1.29, 1.82) is 0 Å². The smallest absolute Gasteiger partial charge is 0.130 e. The third-order valence-electron chi connectivity index (χ3n) is 2.54. The number of ether oxygens (including phenoxy) is 1. The predicted octanol–water partition coefficient (Wildman–Crippen LogP) is 2.42. The van der Waals surface area contributed by atoms with E-state index in [0.29, 0.717) is 11.3 Å². The summed E-state index contributed by atoms with van der Waals surface area (Å²) >= 11 is 0. The summed E-state index contributed by atoms with van der Waals surface area (Å²) in [6.07, 6.45) is 0. The zero-order valence-corrected chi connectivity index (χ0v) is 11.2. The van der Waals surface area contributed by atoms with Gasteiger partial charge < -0.3 is 10.5 Å². The topological polar surface area (TPSA) is 48.1 Å². The third kappa shape index (κ3) is 4.08. The lowest BCUT2D eigenvalue weighted by Crippen LogP contribution is -1.99. The fourth-order valence-corrected chi connectivity index (χ4v) is 1.71. The average Bonchev–Trinajstić information content (AvgIpc) is 2.42. The predicted molar refractivity (Wildman–Crippen MR) is 75.6 cm³/mol. The standard InChI is InChI=1S/C16H15FN2O/c1-12-4-2-6-15(19-12)11-20-16-9-13(5-3-7-18)8-14(17)10-16/h2,4,6,8-10H,7,11,18H2,1H3. The van der Waals surface area contributed by atoms with E-state index in [1.165, 1.54) is 12.1 Å². The molecule has 0 atom stereocenters. The molecule has 1 aromatic carbocycles. The molecule has 2 aromatic rings. The fraction of sp³-hybridized carbons (Fsp3) is 0.188. The monoisotopic (exact) mass is 270 g/mol. The molecule has 0 saturated carbocycles. The molecule has 2 rings (SSSR count). The molecule has 0 unspecified atom stereocenters. The van der Waals surface area contributed by atoms with Crippen LogP contribution in [0, 0.1) is 24.6 Å². The minimum absolute atomic E-state index is 0.236. The molecule has 1 heterocycles. The van der Waals surface area contributed by atoms with Crippen molar-refractivity contribution in [1.82, 2.24) is 4.98 Å². The van der Waals surface area contributed by atoms with E-state index in [4.69, 9.17) is 10.5 Å². The van der Waals surface area contributed by atoms with Crippen molar-refractivity contribution in [3.63, 3.8) is 0 Å². The Hall–Kier alpha value is -2.38. The van der Waals surface area contributed by atoms with Gasteiger partial charge in [-0.05, 0) is 31.2 Å². The van der Waals surface area contributed by atoms with E-state index in [1.54, 1.807) is 6.07 Å². The summed E-state index contributed by atoms with van der Waals surface area (Å²) in [5, 5.41) is 0. The van der Waals surface area contributed by atoms with Crippen LogP contribution < -0.4 is 10.5 Å². The highest BCUT2D eigenvalue weighted by Crippen LogP contribution is 2.17. The molecule has 3 nitrogen and oxygen atoms in total. The van der Waals surface area contributed by atoms with Crippen molar-refractivity contribution < 1.29 is 9.13 Å². The average molecular weight is 270 g/mol. The lowest BCUT2D eigenvalue weighted by molar-refractivity contribution is 0.299. The Morgan fingerprint density at radius 3 is 2.90 bits per heavy atom. The number of hydrogen-bond donors (Lipinski definition) is 1. The molecular formula is C16H15FN2O. The Labute approximate surface area is 117 Å². The second kappa shape index (κ2) is 6.69. The number of halogens is 1. The second-order valence-electron chi connectivity index (χ2n) is 4.24. The largest absolute Gasteiger partial charge is 0.487 e. The third-order valence-corrected chi connectivity index (χ3v) is 2.54. The Bertz CT molecular complexity index is 659. The molecule has 2 N–H and O–H groups in total. The van der Waals surface area contributed by atoms with Crippen molar-refractivity contribution in [2.45, 2.75) is 13.5 Å². The van der Waals surface area contributed by atoms with Crippen LogP contribution in [0.25, 0.3) is 0 Å². The zero-order chi connectivity index (χ0) is 14.4. The first kappa shape index (κ1) is 14.0. The molecule has 0 aliphatic rings. The number of aromatic nitrogens is 1. The molecular weight excluding hydrogens is 255 g/mol. The highest BCUT2D eigenvalue weighted by molar-refractivity contribution is 5.40. The van der Waals surface area contributed by atoms with Gasteiger partial charge in [0, 0.05) is 17.3 Å². The molecule has 0 amide bonds.